The van der Waals surface area contributed by atoms with E-state index in [1.165, 1.54) is 35.1 Å². The van der Waals surface area contributed by atoms with Crippen LogP contribution >= 0.6 is 0 Å². The molecule has 0 radical (unpaired) electrons. The van der Waals surface area contributed by atoms with Gasteiger partial charge in [0.2, 0.25) is 5.91 Å². The van der Waals surface area contributed by atoms with Crippen molar-refractivity contribution < 1.29 is 4.79 Å². The fourth-order valence-corrected chi connectivity index (χ4v) is 4.73. The lowest BCUT2D eigenvalue weighted by atomic mass is 10.0. The predicted octanol–water partition coefficient (Wildman–Crippen LogP) is 5.07. The number of nitrogens with zero attached hydrogens (tertiary/aromatic N) is 2. The van der Waals surface area contributed by atoms with Gasteiger partial charge in [0.15, 0.2) is 0 Å². The number of hydrogen-bond donors (Lipinski definition) is 1. The molecule has 35 heavy (non-hydrogen) atoms. The van der Waals surface area contributed by atoms with E-state index in [9.17, 15) is 4.79 Å². The summed E-state index contributed by atoms with van der Waals surface area (Å²) in [7, 11) is 0. The average molecular weight is 470 g/mol. The number of carbonyl (C=O) groups is 1. The van der Waals surface area contributed by atoms with Gasteiger partial charge in [-0.15, -0.1) is 0 Å². The zero-order valence-electron chi connectivity index (χ0n) is 21.0. The van der Waals surface area contributed by atoms with Crippen molar-refractivity contribution in [2.75, 3.05) is 26.2 Å². The number of rotatable bonds is 11. The van der Waals surface area contributed by atoms with Crippen LogP contribution in [0, 0.1) is 0 Å². The molecule has 1 N–H and O–H groups in total. The molecule has 184 valence electrons. The summed E-state index contributed by atoms with van der Waals surface area (Å²) in [6.45, 7) is 7.27. The van der Waals surface area contributed by atoms with E-state index < -0.39 is 0 Å². The van der Waals surface area contributed by atoms with E-state index >= 15 is 0 Å². The Bertz CT molecular complexity index is 1010. The SMILES string of the molecule is CCCCc1ccc(CNC(Cc2ccccc2)C(=O)N2CCN(Cc3ccccc3)CC2)cc1. The lowest BCUT2D eigenvalue weighted by Gasteiger charge is -2.36. The van der Waals surface area contributed by atoms with Gasteiger partial charge in [0, 0.05) is 39.3 Å². The van der Waals surface area contributed by atoms with Crippen LogP contribution in [0.5, 0.6) is 0 Å². The third-order valence-corrected chi connectivity index (χ3v) is 6.91. The fraction of sp³-hybridized carbons (Fsp3) is 0.387. The Hall–Kier alpha value is -2.95. The topological polar surface area (TPSA) is 35.6 Å². The average Bonchev–Trinajstić information content (AvgIpc) is 2.91. The monoisotopic (exact) mass is 469 g/mol. The highest BCUT2D eigenvalue weighted by Crippen LogP contribution is 2.13. The second kappa shape index (κ2) is 13.2. The Kier molecular flexibility index (Phi) is 9.50. The summed E-state index contributed by atoms with van der Waals surface area (Å²) < 4.78 is 0. The molecule has 0 aromatic heterocycles. The van der Waals surface area contributed by atoms with E-state index in [-0.39, 0.29) is 11.9 Å². The number of amides is 1. The molecule has 1 unspecified atom stereocenters. The molecular formula is C31H39N3O. The molecule has 4 rings (SSSR count). The fourth-order valence-electron chi connectivity index (χ4n) is 4.73. The minimum absolute atomic E-state index is 0.216. The number of nitrogens with one attached hydrogen (secondary N) is 1. The Morgan fingerprint density at radius 2 is 1.37 bits per heavy atom. The third-order valence-electron chi connectivity index (χ3n) is 6.91. The summed E-state index contributed by atoms with van der Waals surface area (Å²) >= 11 is 0. The van der Waals surface area contributed by atoms with Crippen LogP contribution in [-0.2, 0) is 30.7 Å². The number of carbonyl (C=O) groups excluding carboxylic acids is 1. The normalized spacial score (nSPS) is 15.2. The number of unbranched alkanes of at least 4 members (excludes halogenated alkanes) is 1. The van der Waals surface area contributed by atoms with E-state index in [2.05, 4.69) is 88.8 Å². The van der Waals surface area contributed by atoms with E-state index in [1.54, 1.807) is 0 Å². The van der Waals surface area contributed by atoms with Crippen LogP contribution in [0.25, 0.3) is 0 Å². The third kappa shape index (κ3) is 7.78. The van der Waals surface area contributed by atoms with Crippen LogP contribution in [0.1, 0.15) is 42.0 Å². The molecule has 0 aliphatic carbocycles. The van der Waals surface area contributed by atoms with Gasteiger partial charge in [-0.1, -0.05) is 98.3 Å². The lowest BCUT2D eigenvalue weighted by molar-refractivity contribution is -0.135. The molecule has 4 heteroatoms. The molecule has 1 saturated heterocycles. The molecule has 3 aromatic rings. The second-order valence-electron chi connectivity index (χ2n) is 9.63. The molecule has 1 aliphatic heterocycles. The largest absolute Gasteiger partial charge is 0.339 e. The van der Waals surface area contributed by atoms with Gasteiger partial charge in [0.1, 0.15) is 0 Å². The Morgan fingerprint density at radius 3 is 2.00 bits per heavy atom. The molecule has 1 amide bonds. The van der Waals surface area contributed by atoms with Crippen LogP contribution < -0.4 is 5.32 Å². The highest BCUT2D eigenvalue weighted by Gasteiger charge is 2.27. The van der Waals surface area contributed by atoms with Crippen molar-refractivity contribution in [3.8, 4) is 0 Å². The van der Waals surface area contributed by atoms with Crippen LogP contribution in [0.15, 0.2) is 84.9 Å². The number of aryl methyl sites for hydroxylation is 1. The molecule has 1 atom stereocenters. The van der Waals surface area contributed by atoms with Crippen LogP contribution in [0.3, 0.4) is 0 Å². The molecular weight excluding hydrogens is 430 g/mol. The summed E-state index contributed by atoms with van der Waals surface area (Å²) in [5.74, 6) is 0.216. The van der Waals surface area contributed by atoms with Crippen LogP contribution in [-0.4, -0.2) is 47.9 Å². The summed E-state index contributed by atoms with van der Waals surface area (Å²) in [5.41, 5.74) is 5.14. The quantitative estimate of drug-likeness (QED) is 0.426. The van der Waals surface area contributed by atoms with E-state index in [4.69, 9.17) is 0 Å². The summed E-state index contributed by atoms with van der Waals surface area (Å²) in [4.78, 5) is 18.1. The summed E-state index contributed by atoms with van der Waals surface area (Å²) in [6.07, 6.45) is 4.28. The Balaban J connectivity index is 1.35. The minimum Gasteiger partial charge on any atom is -0.339 e. The van der Waals surface area contributed by atoms with Crippen molar-refractivity contribution in [2.24, 2.45) is 0 Å². The van der Waals surface area contributed by atoms with Crippen LogP contribution in [0.4, 0.5) is 0 Å². The maximum Gasteiger partial charge on any atom is 0.240 e. The first-order valence-electron chi connectivity index (χ1n) is 13.1. The Labute approximate surface area is 211 Å². The second-order valence-corrected chi connectivity index (χ2v) is 9.63. The van der Waals surface area contributed by atoms with E-state index in [0.717, 1.165) is 39.1 Å². The maximum atomic E-state index is 13.6. The van der Waals surface area contributed by atoms with Gasteiger partial charge < -0.3 is 10.2 Å². The zero-order chi connectivity index (χ0) is 24.3. The van der Waals surface area contributed by atoms with Crippen LogP contribution in [0.2, 0.25) is 0 Å². The van der Waals surface area contributed by atoms with Gasteiger partial charge in [-0.05, 0) is 41.5 Å². The maximum absolute atomic E-state index is 13.6. The molecule has 0 saturated carbocycles. The molecule has 0 bridgehead atoms. The first kappa shape index (κ1) is 25.2. The number of piperazine rings is 1. The van der Waals surface area contributed by atoms with Crippen molar-refractivity contribution in [3.05, 3.63) is 107 Å². The smallest absolute Gasteiger partial charge is 0.240 e. The predicted molar refractivity (Wildman–Crippen MR) is 144 cm³/mol. The highest BCUT2D eigenvalue weighted by molar-refractivity contribution is 5.82. The summed E-state index contributed by atoms with van der Waals surface area (Å²) in [6, 6.07) is 29.6. The van der Waals surface area contributed by atoms with E-state index in [1.807, 2.05) is 18.2 Å². The summed E-state index contributed by atoms with van der Waals surface area (Å²) in [5, 5.41) is 3.59. The highest BCUT2D eigenvalue weighted by atomic mass is 16.2. The van der Waals surface area contributed by atoms with Gasteiger partial charge in [0.25, 0.3) is 0 Å². The molecule has 1 fully saturated rings. The van der Waals surface area contributed by atoms with Gasteiger partial charge in [-0.3, -0.25) is 9.69 Å². The standard InChI is InChI=1S/C31H39N3O/c1-2-3-10-26-15-17-28(18-16-26)24-32-30(23-27-11-6-4-7-12-27)31(35)34-21-19-33(20-22-34)25-29-13-8-5-9-14-29/h4-9,11-18,30,32H,2-3,10,19-25H2,1H3. The molecule has 1 heterocycles. The van der Waals surface area contributed by atoms with Crippen molar-refractivity contribution >= 4 is 5.91 Å². The molecule has 1 aliphatic rings. The molecule has 0 spiro atoms. The van der Waals surface area contributed by atoms with Crippen molar-refractivity contribution in [1.82, 2.24) is 15.1 Å². The van der Waals surface area contributed by atoms with Gasteiger partial charge in [-0.2, -0.15) is 0 Å². The van der Waals surface area contributed by atoms with Crippen molar-refractivity contribution in [2.45, 2.75) is 51.7 Å². The number of hydrogen-bond acceptors (Lipinski definition) is 3. The van der Waals surface area contributed by atoms with Gasteiger partial charge >= 0.3 is 0 Å². The Morgan fingerprint density at radius 1 is 0.771 bits per heavy atom. The van der Waals surface area contributed by atoms with Crippen molar-refractivity contribution in [3.63, 3.8) is 0 Å². The first-order valence-corrected chi connectivity index (χ1v) is 13.1. The number of benzene rings is 3. The minimum atomic E-state index is -0.224. The molecule has 4 nitrogen and oxygen atoms in total. The van der Waals surface area contributed by atoms with Gasteiger partial charge in [0.05, 0.1) is 6.04 Å². The van der Waals surface area contributed by atoms with E-state index in [0.29, 0.717) is 13.0 Å². The molecule has 3 aromatic carbocycles. The van der Waals surface area contributed by atoms with Gasteiger partial charge in [-0.25, -0.2) is 0 Å². The first-order chi connectivity index (χ1) is 17.2. The lowest BCUT2D eigenvalue weighted by Crippen LogP contribution is -2.54. The zero-order valence-corrected chi connectivity index (χ0v) is 21.0. The van der Waals surface area contributed by atoms with Crippen molar-refractivity contribution in [1.29, 1.82) is 0 Å².